The molecule has 4 nitrogen and oxygen atoms in total. The Bertz CT molecular complexity index is 454. The van der Waals surface area contributed by atoms with Crippen LogP contribution in [-0.4, -0.2) is 16.6 Å². The summed E-state index contributed by atoms with van der Waals surface area (Å²) in [5.41, 5.74) is 0.686. The van der Waals surface area contributed by atoms with E-state index >= 15 is 0 Å². The Kier molecular flexibility index (Phi) is 3.99. The van der Waals surface area contributed by atoms with Crippen molar-refractivity contribution in [2.75, 3.05) is 6.61 Å². The van der Waals surface area contributed by atoms with Gasteiger partial charge in [0.2, 0.25) is 0 Å². The van der Waals surface area contributed by atoms with Gasteiger partial charge >= 0.3 is 0 Å². The van der Waals surface area contributed by atoms with Gasteiger partial charge in [-0.15, -0.1) is 0 Å². The van der Waals surface area contributed by atoms with E-state index in [-0.39, 0.29) is 11.7 Å². The molecular formula is C12H17BrN2O2. The number of nitrogens with zero attached hydrogens (tertiary/aromatic N) is 1. The lowest BCUT2D eigenvalue weighted by Gasteiger charge is -2.16. The minimum Gasteiger partial charge on any atom is -0.370 e. The van der Waals surface area contributed by atoms with E-state index in [2.05, 4.69) is 25.9 Å². The summed E-state index contributed by atoms with van der Waals surface area (Å²) in [5.74, 6) is 1.20. The molecule has 1 unspecified atom stereocenters. The Morgan fingerprint density at radius 1 is 1.53 bits per heavy atom. The fourth-order valence-corrected chi connectivity index (χ4v) is 2.38. The highest BCUT2D eigenvalue weighted by molar-refractivity contribution is 9.10. The Balaban J connectivity index is 2.36. The molecule has 1 aliphatic rings. The fourth-order valence-electron chi connectivity index (χ4n) is 1.91. The SMILES string of the molecule is CCOC(c1nc(CC)c(Br)c(=O)[nH]1)C1CC1. The lowest BCUT2D eigenvalue weighted by Crippen LogP contribution is -2.20. The fraction of sp³-hybridized carbons (Fsp3) is 0.667. The summed E-state index contributed by atoms with van der Waals surface area (Å²) in [4.78, 5) is 19.1. The van der Waals surface area contributed by atoms with Crippen molar-refractivity contribution in [3.05, 3.63) is 26.3 Å². The first-order chi connectivity index (χ1) is 8.17. The molecule has 0 bridgehead atoms. The number of ether oxygens (including phenoxy) is 1. The van der Waals surface area contributed by atoms with Crippen molar-refractivity contribution in [1.82, 2.24) is 9.97 Å². The zero-order chi connectivity index (χ0) is 12.4. The minimum atomic E-state index is -0.114. The highest BCUT2D eigenvalue weighted by Gasteiger charge is 2.34. The van der Waals surface area contributed by atoms with Crippen molar-refractivity contribution in [1.29, 1.82) is 0 Å². The van der Waals surface area contributed by atoms with Crippen molar-refractivity contribution in [2.45, 2.75) is 39.2 Å². The third kappa shape index (κ3) is 2.77. The first kappa shape index (κ1) is 12.8. The quantitative estimate of drug-likeness (QED) is 0.909. The van der Waals surface area contributed by atoms with Gasteiger partial charge in [-0.1, -0.05) is 6.92 Å². The predicted octanol–water partition coefficient (Wildman–Crippen LogP) is 2.58. The Morgan fingerprint density at radius 2 is 2.24 bits per heavy atom. The molecule has 1 saturated carbocycles. The van der Waals surface area contributed by atoms with Crippen LogP contribution in [0.4, 0.5) is 0 Å². The van der Waals surface area contributed by atoms with Gasteiger partial charge in [-0.2, -0.15) is 0 Å². The van der Waals surface area contributed by atoms with Crippen molar-refractivity contribution in [2.24, 2.45) is 5.92 Å². The number of rotatable bonds is 5. The van der Waals surface area contributed by atoms with Gasteiger partial charge in [0.25, 0.3) is 5.56 Å². The molecule has 5 heteroatoms. The molecule has 2 rings (SSSR count). The molecule has 1 heterocycles. The minimum absolute atomic E-state index is 0.0499. The van der Waals surface area contributed by atoms with Crippen LogP contribution < -0.4 is 5.56 Å². The van der Waals surface area contributed by atoms with Crippen molar-refractivity contribution >= 4 is 15.9 Å². The monoisotopic (exact) mass is 300 g/mol. The average molecular weight is 301 g/mol. The molecule has 0 radical (unpaired) electrons. The van der Waals surface area contributed by atoms with Gasteiger partial charge in [0, 0.05) is 6.61 Å². The first-order valence-corrected chi connectivity index (χ1v) is 6.86. The molecular weight excluding hydrogens is 284 g/mol. The van der Waals surface area contributed by atoms with Crippen molar-refractivity contribution in [3.8, 4) is 0 Å². The van der Waals surface area contributed by atoms with Crippen LogP contribution in [-0.2, 0) is 11.2 Å². The molecule has 1 N–H and O–H groups in total. The number of halogens is 1. The third-order valence-corrected chi connectivity index (χ3v) is 3.77. The highest BCUT2D eigenvalue weighted by atomic mass is 79.9. The molecule has 0 aliphatic heterocycles. The van der Waals surface area contributed by atoms with Crippen LogP contribution in [0.3, 0.4) is 0 Å². The molecule has 1 aromatic rings. The summed E-state index contributed by atoms with van der Waals surface area (Å²) in [6.07, 6.45) is 3.00. The second kappa shape index (κ2) is 5.31. The molecule has 0 aromatic carbocycles. The van der Waals surface area contributed by atoms with Crippen LogP contribution in [0.15, 0.2) is 9.27 Å². The molecule has 1 atom stereocenters. The number of hydrogen-bond donors (Lipinski definition) is 1. The summed E-state index contributed by atoms with van der Waals surface area (Å²) in [5, 5.41) is 0. The maximum Gasteiger partial charge on any atom is 0.265 e. The topological polar surface area (TPSA) is 55.0 Å². The largest absolute Gasteiger partial charge is 0.370 e. The molecule has 1 aliphatic carbocycles. The van der Waals surface area contributed by atoms with Crippen LogP contribution in [0.5, 0.6) is 0 Å². The van der Waals surface area contributed by atoms with Gasteiger partial charge in [0.1, 0.15) is 16.4 Å². The highest BCUT2D eigenvalue weighted by Crippen LogP contribution is 2.42. The Hall–Kier alpha value is -0.680. The summed E-state index contributed by atoms with van der Waals surface area (Å²) in [7, 11) is 0. The van der Waals surface area contributed by atoms with E-state index in [1.807, 2.05) is 13.8 Å². The van der Waals surface area contributed by atoms with E-state index < -0.39 is 0 Å². The zero-order valence-electron chi connectivity index (χ0n) is 10.1. The van der Waals surface area contributed by atoms with Crippen LogP contribution in [0.2, 0.25) is 0 Å². The van der Waals surface area contributed by atoms with Gasteiger partial charge < -0.3 is 9.72 Å². The lowest BCUT2D eigenvalue weighted by molar-refractivity contribution is 0.0396. The first-order valence-electron chi connectivity index (χ1n) is 6.07. The van der Waals surface area contributed by atoms with Crippen molar-refractivity contribution in [3.63, 3.8) is 0 Å². The van der Waals surface area contributed by atoms with Crippen LogP contribution in [0, 0.1) is 5.92 Å². The van der Waals surface area contributed by atoms with E-state index in [1.165, 1.54) is 0 Å². The van der Waals surface area contributed by atoms with Crippen LogP contribution in [0.25, 0.3) is 0 Å². The third-order valence-electron chi connectivity index (χ3n) is 2.95. The van der Waals surface area contributed by atoms with E-state index in [0.29, 0.717) is 22.8 Å². The van der Waals surface area contributed by atoms with Crippen LogP contribution in [0.1, 0.15) is 44.3 Å². The van der Waals surface area contributed by atoms with Crippen molar-refractivity contribution < 1.29 is 4.74 Å². The zero-order valence-corrected chi connectivity index (χ0v) is 11.7. The second-order valence-corrected chi connectivity index (χ2v) is 5.07. The maximum atomic E-state index is 11.8. The molecule has 1 fully saturated rings. The number of nitrogens with one attached hydrogen (secondary N) is 1. The Labute approximate surface area is 109 Å². The second-order valence-electron chi connectivity index (χ2n) is 4.28. The Morgan fingerprint density at radius 3 is 2.76 bits per heavy atom. The molecule has 17 heavy (non-hydrogen) atoms. The predicted molar refractivity (Wildman–Crippen MR) is 69.0 cm³/mol. The number of H-pyrrole nitrogens is 1. The molecule has 0 saturated heterocycles. The number of aromatic nitrogens is 2. The number of aromatic amines is 1. The maximum absolute atomic E-state index is 11.8. The van der Waals surface area contributed by atoms with E-state index in [0.717, 1.165) is 25.0 Å². The number of hydrogen-bond acceptors (Lipinski definition) is 3. The lowest BCUT2D eigenvalue weighted by atomic mass is 10.2. The smallest absolute Gasteiger partial charge is 0.265 e. The van der Waals surface area contributed by atoms with Gasteiger partial charge in [-0.3, -0.25) is 4.79 Å². The summed E-state index contributed by atoms with van der Waals surface area (Å²) < 4.78 is 6.24. The van der Waals surface area contributed by atoms with Gasteiger partial charge in [-0.25, -0.2) is 4.98 Å². The average Bonchev–Trinajstić information content (AvgIpc) is 3.13. The van der Waals surface area contributed by atoms with Gasteiger partial charge in [0.15, 0.2) is 0 Å². The van der Waals surface area contributed by atoms with Gasteiger partial charge in [-0.05, 0) is 48.0 Å². The van der Waals surface area contributed by atoms with Crippen LogP contribution >= 0.6 is 15.9 Å². The van der Waals surface area contributed by atoms with E-state index in [9.17, 15) is 4.79 Å². The number of aryl methyl sites for hydroxylation is 1. The molecule has 0 amide bonds. The molecule has 1 aromatic heterocycles. The molecule has 94 valence electrons. The summed E-state index contributed by atoms with van der Waals surface area (Å²) >= 11 is 3.27. The van der Waals surface area contributed by atoms with E-state index in [1.54, 1.807) is 0 Å². The molecule has 0 spiro atoms. The standard InChI is InChI=1S/C12H17BrN2O2/c1-3-8-9(13)12(16)15-11(14-8)10(17-4-2)7-5-6-7/h7,10H,3-6H2,1-2H3,(H,14,15,16). The summed E-state index contributed by atoms with van der Waals surface area (Å²) in [6.45, 7) is 4.60. The normalized spacial score (nSPS) is 17.1. The van der Waals surface area contributed by atoms with E-state index in [4.69, 9.17) is 4.74 Å². The summed E-state index contributed by atoms with van der Waals surface area (Å²) in [6, 6.07) is 0. The van der Waals surface area contributed by atoms with Gasteiger partial charge in [0.05, 0.1) is 5.69 Å².